The van der Waals surface area contributed by atoms with Crippen LogP contribution in [-0.2, 0) is 10.9 Å². The lowest BCUT2D eigenvalue weighted by Gasteiger charge is -2.37. The zero-order valence-corrected chi connectivity index (χ0v) is 19.4. The van der Waals surface area contributed by atoms with E-state index in [4.69, 9.17) is 9.47 Å². The van der Waals surface area contributed by atoms with Gasteiger partial charge < -0.3 is 19.7 Å². The number of alkyl halides is 3. The fourth-order valence-corrected chi connectivity index (χ4v) is 5.14. The number of piperidine rings is 1. The van der Waals surface area contributed by atoms with Gasteiger partial charge in [0, 0.05) is 43.9 Å². The molecule has 2 aliphatic rings. The first-order valence-corrected chi connectivity index (χ1v) is 11.8. The standard InChI is InChI=1S/C22H26F3N3O4S/c1-11-8-14(6-7-28(11)21(30)31-12(2)13-4-5-13)32-17-9-16(22(23,24)25)19-18(27-17)15(10-33-19)20(29)26-3/h9-14H,4-8H2,1-3H3,(H,26,29)/t11-,12+,14-/m1/s1. The van der Waals surface area contributed by atoms with Crippen molar-refractivity contribution in [3.63, 3.8) is 0 Å². The number of hydrogen-bond acceptors (Lipinski definition) is 6. The molecule has 2 amide bonds. The number of thiophene rings is 1. The van der Waals surface area contributed by atoms with Crippen LogP contribution in [-0.4, -0.2) is 53.7 Å². The lowest BCUT2D eigenvalue weighted by atomic mass is 10.0. The van der Waals surface area contributed by atoms with Crippen LogP contribution in [0.2, 0.25) is 0 Å². The highest BCUT2D eigenvalue weighted by Crippen LogP contribution is 2.40. The summed E-state index contributed by atoms with van der Waals surface area (Å²) < 4.78 is 52.4. The molecule has 0 spiro atoms. The average molecular weight is 486 g/mol. The maximum Gasteiger partial charge on any atom is 0.418 e. The number of nitrogens with one attached hydrogen (secondary N) is 1. The third-order valence-corrected chi connectivity index (χ3v) is 7.20. The van der Waals surface area contributed by atoms with Gasteiger partial charge in [0.2, 0.25) is 5.88 Å². The predicted molar refractivity (Wildman–Crippen MR) is 116 cm³/mol. The second kappa shape index (κ2) is 9.00. The minimum Gasteiger partial charge on any atom is -0.474 e. The fourth-order valence-electron chi connectivity index (χ4n) is 4.12. The van der Waals surface area contributed by atoms with Gasteiger partial charge in [0.25, 0.3) is 5.91 Å². The Morgan fingerprint density at radius 1 is 1.30 bits per heavy atom. The highest BCUT2D eigenvalue weighted by atomic mass is 32.1. The molecule has 1 aliphatic heterocycles. The number of carbonyl (C=O) groups excluding carboxylic acids is 2. The molecule has 1 saturated carbocycles. The van der Waals surface area contributed by atoms with Gasteiger partial charge in [-0.1, -0.05) is 0 Å². The smallest absolute Gasteiger partial charge is 0.418 e. The monoisotopic (exact) mass is 485 g/mol. The SMILES string of the molecule is CNC(=O)c1csc2c(C(F)(F)F)cc(O[C@@H]3CCN(C(=O)O[C@@H](C)C4CC4)[C@H](C)C3)nc12. The third-order valence-electron chi connectivity index (χ3n) is 6.20. The van der Waals surface area contributed by atoms with Crippen molar-refractivity contribution in [1.82, 2.24) is 15.2 Å². The highest BCUT2D eigenvalue weighted by molar-refractivity contribution is 7.17. The van der Waals surface area contributed by atoms with Crippen LogP contribution >= 0.6 is 11.3 Å². The summed E-state index contributed by atoms with van der Waals surface area (Å²) in [6.45, 7) is 4.13. The van der Waals surface area contributed by atoms with Crippen molar-refractivity contribution in [2.24, 2.45) is 5.92 Å². The topological polar surface area (TPSA) is 80.8 Å². The van der Waals surface area contributed by atoms with Gasteiger partial charge in [0.15, 0.2) is 0 Å². The van der Waals surface area contributed by atoms with Gasteiger partial charge in [-0.05, 0) is 32.6 Å². The van der Waals surface area contributed by atoms with E-state index in [-0.39, 0.29) is 39.9 Å². The first-order chi connectivity index (χ1) is 15.6. The summed E-state index contributed by atoms with van der Waals surface area (Å²) in [5.74, 6) is -0.264. The Bertz CT molecular complexity index is 1050. The summed E-state index contributed by atoms with van der Waals surface area (Å²) in [6, 6.07) is 0.686. The van der Waals surface area contributed by atoms with Crippen molar-refractivity contribution in [2.75, 3.05) is 13.6 Å². The van der Waals surface area contributed by atoms with Gasteiger partial charge in [0.05, 0.1) is 21.3 Å². The van der Waals surface area contributed by atoms with Gasteiger partial charge in [-0.2, -0.15) is 13.2 Å². The molecule has 2 aromatic heterocycles. The molecular weight excluding hydrogens is 459 g/mol. The molecule has 1 saturated heterocycles. The molecule has 0 unspecified atom stereocenters. The molecule has 0 radical (unpaired) electrons. The number of nitrogens with zero attached hydrogens (tertiary/aromatic N) is 2. The van der Waals surface area contributed by atoms with Gasteiger partial charge in [0.1, 0.15) is 12.2 Å². The Labute approximate surface area is 193 Å². The van der Waals surface area contributed by atoms with Crippen LogP contribution in [0.15, 0.2) is 11.4 Å². The summed E-state index contributed by atoms with van der Waals surface area (Å²) in [6.07, 6.45) is -2.51. The average Bonchev–Trinajstić information content (AvgIpc) is 3.52. The summed E-state index contributed by atoms with van der Waals surface area (Å²) >= 11 is 0.824. The Morgan fingerprint density at radius 2 is 2.03 bits per heavy atom. The number of likely N-dealkylation sites (tertiary alicyclic amines) is 1. The maximum atomic E-state index is 13.7. The molecule has 180 valence electrons. The number of hydrogen-bond donors (Lipinski definition) is 1. The van der Waals surface area contributed by atoms with Gasteiger partial charge in [-0.25, -0.2) is 9.78 Å². The first kappa shape index (κ1) is 23.6. The van der Waals surface area contributed by atoms with E-state index in [2.05, 4.69) is 10.3 Å². The van der Waals surface area contributed by atoms with Crippen LogP contribution in [0.1, 0.15) is 55.5 Å². The molecule has 0 bridgehead atoms. The second-order valence-electron chi connectivity index (χ2n) is 8.65. The Balaban J connectivity index is 1.50. The number of carbonyl (C=O) groups is 2. The zero-order chi connectivity index (χ0) is 23.9. The predicted octanol–water partition coefficient (Wildman–Crippen LogP) is 4.84. The zero-order valence-electron chi connectivity index (χ0n) is 18.6. The highest BCUT2D eigenvalue weighted by Gasteiger charge is 2.37. The molecule has 11 heteroatoms. The molecule has 2 fully saturated rings. The van der Waals surface area contributed by atoms with Crippen LogP contribution < -0.4 is 10.1 Å². The number of halogens is 3. The summed E-state index contributed by atoms with van der Waals surface area (Å²) in [5, 5.41) is 3.79. The van der Waals surface area contributed by atoms with Crippen molar-refractivity contribution < 1.29 is 32.2 Å². The number of fused-ring (bicyclic) bond motifs is 1. The van der Waals surface area contributed by atoms with E-state index in [1.54, 1.807) is 4.90 Å². The molecule has 33 heavy (non-hydrogen) atoms. The summed E-state index contributed by atoms with van der Waals surface area (Å²) in [4.78, 5) is 30.5. The molecule has 3 heterocycles. The van der Waals surface area contributed by atoms with Crippen molar-refractivity contribution in [3.05, 3.63) is 22.6 Å². The lowest BCUT2D eigenvalue weighted by Crippen LogP contribution is -2.48. The van der Waals surface area contributed by atoms with Crippen molar-refractivity contribution in [1.29, 1.82) is 0 Å². The number of aromatic nitrogens is 1. The van der Waals surface area contributed by atoms with Gasteiger partial charge >= 0.3 is 12.3 Å². The van der Waals surface area contributed by atoms with Crippen LogP contribution in [0, 0.1) is 5.92 Å². The van der Waals surface area contributed by atoms with E-state index in [0.29, 0.717) is 25.3 Å². The fraction of sp³-hybridized carbons (Fsp3) is 0.591. The quantitative estimate of drug-likeness (QED) is 0.656. The minimum absolute atomic E-state index is 0.0349. The van der Waals surface area contributed by atoms with Crippen molar-refractivity contribution in [3.8, 4) is 5.88 Å². The van der Waals surface area contributed by atoms with E-state index in [0.717, 1.165) is 30.2 Å². The second-order valence-corrected chi connectivity index (χ2v) is 9.52. The molecule has 7 nitrogen and oxygen atoms in total. The summed E-state index contributed by atoms with van der Waals surface area (Å²) in [7, 11) is 1.41. The molecule has 2 aromatic rings. The van der Waals surface area contributed by atoms with Crippen molar-refractivity contribution in [2.45, 2.75) is 64.0 Å². The molecule has 3 atom stereocenters. The largest absolute Gasteiger partial charge is 0.474 e. The molecule has 0 aromatic carbocycles. The minimum atomic E-state index is -4.62. The van der Waals surface area contributed by atoms with Crippen LogP contribution in [0.3, 0.4) is 0 Å². The lowest BCUT2D eigenvalue weighted by molar-refractivity contribution is -0.136. The molecule has 1 aliphatic carbocycles. The number of rotatable bonds is 5. The van der Waals surface area contributed by atoms with E-state index in [1.165, 1.54) is 12.4 Å². The Kier molecular flexibility index (Phi) is 6.43. The normalized spacial score (nSPS) is 22.2. The first-order valence-electron chi connectivity index (χ1n) is 10.9. The number of amides is 2. The van der Waals surface area contributed by atoms with E-state index in [9.17, 15) is 22.8 Å². The van der Waals surface area contributed by atoms with Crippen molar-refractivity contribution >= 4 is 33.6 Å². The molecular formula is C22H26F3N3O4S. The van der Waals surface area contributed by atoms with Crippen LogP contribution in [0.25, 0.3) is 10.2 Å². The van der Waals surface area contributed by atoms with Crippen LogP contribution in [0.5, 0.6) is 5.88 Å². The summed E-state index contributed by atoms with van der Waals surface area (Å²) in [5.41, 5.74) is -0.845. The number of ether oxygens (including phenoxy) is 2. The van der Waals surface area contributed by atoms with E-state index >= 15 is 0 Å². The molecule has 4 rings (SSSR count). The Morgan fingerprint density at radius 3 is 2.64 bits per heavy atom. The van der Waals surface area contributed by atoms with Crippen LogP contribution in [0.4, 0.5) is 18.0 Å². The number of pyridine rings is 1. The maximum absolute atomic E-state index is 13.7. The van der Waals surface area contributed by atoms with Gasteiger partial charge in [-0.3, -0.25) is 4.79 Å². The van der Waals surface area contributed by atoms with Gasteiger partial charge in [-0.15, -0.1) is 11.3 Å². The Hall–Kier alpha value is -2.56. The molecule has 1 N–H and O–H groups in total. The van der Waals surface area contributed by atoms with E-state index in [1.807, 2.05) is 13.8 Å². The third kappa shape index (κ3) is 5.02. The van der Waals surface area contributed by atoms with E-state index < -0.39 is 23.8 Å².